The Morgan fingerprint density at radius 2 is 1.96 bits per heavy atom. The molecule has 0 radical (unpaired) electrons. The number of aromatic hydroxyl groups is 1. The Labute approximate surface area is 165 Å². The van der Waals surface area contributed by atoms with Gasteiger partial charge in [-0.25, -0.2) is 5.43 Å². The average molecular weight is 434 g/mol. The number of nitrogens with zero attached hydrogens (tertiary/aromatic N) is 1. The second kappa shape index (κ2) is 9.18. The summed E-state index contributed by atoms with van der Waals surface area (Å²) in [5, 5.41) is 16.2. The van der Waals surface area contributed by atoms with E-state index in [0.29, 0.717) is 22.3 Å². The van der Waals surface area contributed by atoms with Crippen LogP contribution in [0, 0.1) is 13.8 Å². The lowest BCUT2D eigenvalue weighted by Gasteiger charge is -2.09. The molecule has 2 aromatic rings. The fourth-order valence-corrected chi connectivity index (χ4v) is 2.66. The number of anilines is 1. The zero-order valence-corrected chi connectivity index (χ0v) is 16.8. The van der Waals surface area contributed by atoms with Crippen molar-refractivity contribution >= 4 is 39.6 Å². The first-order valence-electron chi connectivity index (χ1n) is 8.18. The molecule has 0 aromatic heterocycles. The highest BCUT2D eigenvalue weighted by atomic mass is 79.9. The van der Waals surface area contributed by atoms with E-state index in [2.05, 4.69) is 31.8 Å². The fraction of sp³-hybridized carbons (Fsp3) is 0.211. The Morgan fingerprint density at radius 1 is 1.22 bits per heavy atom. The van der Waals surface area contributed by atoms with Gasteiger partial charge in [-0.1, -0.05) is 12.1 Å². The van der Waals surface area contributed by atoms with Crippen LogP contribution in [0.3, 0.4) is 0 Å². The molecule has 7 nitrogen and oxygen atoms in total. The van der Waals surface area contributed by atoms with Gasteiger partial charge in [0.15, 0.2) is 11.5 Å². The molecular weight excluding hydrogens is 414 g/mol. The number of hydrogen-bond donors (Lipinski definition) is 3. The van der Waals surface area contributed by atoms with Crippen molar-refractivity contribution in [2.75, 3.05) is 11.9 Å². The van der Waals surface area contributed by atoms with Crippen LogP contribution in [0.15, 0.2) is 39.9 Å². The molecule has 0 heterocycles. The molecular formula is C19H20BrN3O4. The van der Waals surface area contributed by atoms with Gasteiger partial charge in [-0.2, -0.15) is 5.10 Å². The van der Waals surface area contributed by atoms with E-state index in [9.17, 15) is 14.7 Å². The summed E-state index contributed by atoms with van der Waals surface area (Å²) < 4.78 is 5.74. The number of nitrogens with one attached hydrogen (secondary N) is 2. The van der Waals surface area contributed by atoms with E-state index in [-0.39, 0.29) is 11.5 Å². The molecule has 8 heteroatoms. The third-order valence-electron chi connectivity index (χ3n) is 3.58. The third kappa shape index (κ3) is 5.55. The summed E-state index contributed by atoms with van der Waals surface area (Å²) in [5.74, 6) is -1.45. The van der Waals surface area contributed by atoms with Crippen LogP contribution in [0.2, 0.25) is 0 Å². The number of carbonyl (C=O) groups excluding carboxylic acids is 2. The standard InChI is InChI=1S/C19H20BrN3O4/c1-4-27-16-9-13(8-14(20)17(16)24)10-21-23-19(26)18(25)22-15-7-11(2)5-6-12(15)3/h5-10,24H,4H2,1-3H3,(H,22,25)(H,23,26)/b21-10+. The monoisotopic (exact) mass is 433 g/mol. The van der Waals surface area contributed by atoms with Gasteiger partial charge in [-0.05, 0) is 71.6 Å². The topological polar surface area (TPSA) is 100 Å². The maximum absolute atomic E-state index is 12.0. The summed E-state index contributed by atoms with van der Waals surface area (Å²) >= 11 is 3.22. The summed E-state index contributed by atoms with van der Waals surface area (Å²) in [5.41, 5.74) is 5.13. The largest absolute Gasteiger partial charge is 0.503 e. The van der Waals surface area contributed by atoms with Crippen molar-refractivity contribution < 1.29 is 19.4 Å². The first-order valence-corrected chi connectivity index (χ1v) is 8.98. The summed E-state index contributed by atoms with van der Waals surface area (Å²) in [6.45, 7) is 5.91. The van der Waals surface area contributed by atoms with Crippen molar-refractivity contribution in [2.45, 2.75) is 20.8 Å². The van der Waals surface area contributed by atoms with Crippen molar-refractivity contribution in [3.05, 3.63) is 51.5 Å². The van der Waals surface area contributed by atoms with Gasteiger partial charge in [-0.3, -0.25) is 9.59 Å². The predicted molar refractivity (Wildman–Crippen MR) is 107 cm³/mol. The smallest absolute Gasteiger partial charge is 0.329 e. The molecule has 0 bridgehead atoms. The number of amides is 2. The number of phenolic OH excluding ortho intramolecular Hbond substituents is 1. The Balaban J connectivity index is 2.02. The number of phenols is 1. The molecule has 0 aliphatic carbocycles. The molecule has 0 spiro atoms. The van der Waals surface area contributed by atoms with Gasteiger partial charge < -0.3 is 15.2 Å². The maximum Gasteiger partial charge on any atom is 0.329 e. The van der Waals surface area contributed by atoms with Crippen LogP contribution in [0.25, 0.3) is 0 Å². The highest BCUT2D eigenvalue weighted by Gasteiger charge is 2.14. The van der Waals surface area contributed by atoms with Gasteiger partial charge in [0.1, 0.15) is 0 Å². The Bertz CT molecular complexity index is 897. The minimum Gasteiger partial charge on any atom is -0.503 e. The van der Waals surface area contributed by atoms with Crippen LogP contribution < -0.4 is 15.5 Å². The molecule has 2 amide bonds. The van der Waals surface area contributed by atoms with Crippen molar-refractivity contribution in [2.24, 2.45) is 5.10 Å². The van der Waals surface area contributed by atoms with E-state index in [1.807, 2.05) is 26.0 Å². The molecule has 2 aromatic carbocycles. The summed E-state index contributed by atoms with van der Waals surface area (Å²) in [7, 11) is 0. The van der Waals surface area contributed by atoms with E-state index in [0.717, 1.165) is 11.1 Å². The van der Waals surface area contributed by atoms with Crippen LogP contribution in [0.1, 0.15) is 23.6 Å². The Kier molecular flexibility index (Phi) is 6.95. The highest BCUT2D eigenvalue weighted by Crippen LogP contribution is 2.35. The van der Waals surface area contributed by atoms with Gasteiger partial charge >= 0.3 is 11.8 Å². The van der Waals surface area contributed by atoms with Gasteiger partial charge in [-0.15, -0.1) is 0 Å². The molecule has 0 aliphatic heterocycles. The molecule has 0 fully saturated rings. The molecule has 0 unspecified atom stereocenters. The lowest BCUT2D eigenvalue weighted by molar-refractivity contribution is -0.136. The number of hydrazone groups is 1. The number of rotatable bonds is 5. The van der Waals surface area contributed by atoms with Crippen molar-refractivity contribution in [1.82, 2.24) is 5.43 Å². The molecule has 2 rings (SSSR count). The molecule has 27 heavy (non-hydrogen) atoms. The summed E-state index contributed by atoms with van der Waals surface area (Å²) in [6.07, 6.45) is 1.34. The van der Waals surface area contributed by atoms with E-state index >= 15 is 0 Å². The number of carbonyl (C=O) groups is 2. The minimum atomic E-state index is -0.893. The molecule has 142 valence electrons. The number of ether oxygens (including phenoxy) is 1. The van der Waals surface area contributed by atoms with E-state index < -0.39 is 11.8 Å². The number of benzene rings is 2. The normalized spacial score (nSPS) is 10.7. The quantitative estimate of drug-likeness (QED) is 0.382. The van der Waals surface area contributed by atoms with Crippen LogP contribution in [0.5, 0.6) is 11.5 Å². The first-order chi connectivity index (χ1) is 12.8. The van der Waals surface area contributed by atoms with E-state index in [1.54, 1.807) is 25.1 Å². The fourth-order valence-electron chi connectivity index (χ4n) is 2.20. The van der Waals surface area contributed by atoms with Crippen molar-refractivity contribution in [3.63, 3.8) is 0 Å². The number of halogens is 1. The number of hydrogen-bond acceptors (Lipinski definition) is 5. The highest BCUT2D eigenvalue weighted by molar-refractivity contribution is 9.10. The second-order valence-corrected chi connectivity index (χ2v) is 6.61. The van der Waals surface area contributed by atoms with Crippen LogP contribution in [0.4, 0.5) is 5.69 Å². The summed E-state index contributed by atoms with van der Waals surface area (Å²) in [4.78, 5) is 23.9. The van der Waals surface area contributed by atoms with Crippen molar-refractivity contribution in [1.29, 1.82) is 0 Å². The number of aryl methyl sites for hydroxylation is 2. The Morgan fingerprint density at radius 3 is 2.67 bits per heavy atom. The van der Waals surface area contributed by atoms with Crippen LogP contribution in [-0.2, 0) is 9.59 Å². The molecule has 0 atom stereocenters. The van der Waals surface area contributed by atoms with Gasteiger partial charge in [0, 0.05) is 5.69 Å². The minimum absolute atomic E-state index is 0.0223. The second-order valence-electron chi connectivity index (χ2n) is 5.75. The van der Waals surface area contributed by atoms with Crippen LogP contribution >= 0.6 is 15.9 Å². The lowest BCUT2D eigenvalue weighted by Crippen LogP contribution is -2.32. The molecule has 0 aliphatic rings. The first kappa shape index (κ1) is 20.4. The van der Waals surface area contributed by atoms with Crippen LogP contribution in [-0.4, -0.2) is 29.7 Å². The molecule has 0 saturated heterocycles. The summed E-state index contributed by atoms with van der Waals surface area (Å²) in [6, 6.07) is 8.73. The van der Waals surface area contributed by atoms with Crippen molar-refractivity contribution in [3.8, 4) is 11.5 Å². The van der Waals surface area contributed by atoms with E-state index in [4.69, 9.17) is 4.74 Å². The van der Waals surface area contributed by atoms with Gasteiger partial charge in [0.25, 0.3) is 0 Å². The molecule has 3 N–H and O–H groups in total. The lowest BCUT2D eigenvalue weighted by atomic mass is 10.1. The predicted octanol–water partition coefficient (Wildman–Crippen LogP) is 3.26. The van der Waals surface area contributed by atoms with Gasteiger partial charge in [0.05, 0.1) is 17.3 Å². The van der Waals surface area contributed by atoms with Gasteiger partial charge in [0.2, 0.25) is 0 Å². The van der Waals surface area contributed by atoms with E-state index in [1.165, 1.54) is 6.21 Å². The zero-order valence-electron chi connectivity index (χ0n) is 15.2. The Hall–Kier alpha value is -2.87. The zero-order chi connectivity index (χ0) is 20.0. The third-order valence-corrected chi connectivity index (χ3v) is 4.18. The molecule has 0 saturated carbocycles. The average Bonchev–Trinajstić information content (AvgIpc) is 2.62. The SMILES string of the molecule is CCOc1cc(/C=N/NC(=O)C(=O)Nc2cc(C)ccc2C)cc(Br)c1O. The maximum atomic E-state index is 12.0.